The Labute approximate surface area is 247 Å². The van der Waals surface area contributed by atoms with Crippen LogP contribution in [0.1, 0.15) is 27.2 Å². The molecule has 2 heterocycles. The van der Waals surface area contributed by atoms with Gasteiger partial charge in [-0.15, -0.1) is 11.3 Å². The molecule has 0 atom stereocenters. The van der Waals surface area contributed by atoms with Gasteiger partial charge in [0.1, 0.15) is 17.4 Å². The first-order valence-corrected chi connectivity index (χ1v) is 14.1. The van der Waals surface area contributed by atoms with Gasteiger partial charge < -0.3 is 15.1 Å². The van der Waals surface area contributed by atoms with Gasteiger partial charge >= 0.3 is 0 Å². The van der Waals surface area contributed by atoms with Gasteiger partial charge in [-0.1, -0.05) is 36.0 Å². The third-order valence-corrected chi connectivity index (χ3v) is 8.22. The van der Waals surface area contributed by atoms with Gasteiger partial charge in [-0.3, -0.25) is 19.7 Å². The van der Waals surface area contributed by atoms with Crippen molar-refractivity contribution >= 4 is 62.6 Å². The first-order chi connectivity index (χ1) is 20.3. The number of anilines is 1. The molecule has 42 heavy (non-hydrogen) atoms. The average molecular weight is 596 g/mol. The topological polar surface area (TPSA) is 151 Å². The molecule has 5 aromatic rings. The molecule has 0 spiro atoms. The minimum absolute atomic E-state index is 0.101. The second kappa shape index (κ2) is 12.5. The van der Waals surface area contributed by atoms with Gasteiger partial charge in [-0.2, -0.15) is 5.26 Å². The van der Waals surface area contributed by atoms with Crippen molar-refractivity contribution in [2.24, 2.45) is 0 Å². The lowest BCUT2D eigenvalue weighted by molar-refractivity contribution is -0.387. The summed E-state index contributed by atoms with van der Waals surface area (Å²) < 4.78 is 6.55. The number of nitrogens with one attached hydrogen (secondary N) is 2. The Morgan fingerprint density at radius 2 is 1.98 bits per heavy atom. The molecule has 208 valence electrons. The molecule has 0 aliphatic rings. The summed E-state index contributed by atoms with van der Waals surface area (Å²) in [6.45, 7) is 1.97. The summed E-state index contributed by atoms with van der Waals surface area (Å²) in [6, 6.07) is 22.3. The van der Waals surface area contributed by atoms with E-state index in [1.54, 1.807) is 42.5 Å². The summed E-state index contributed by atoms with van der Waals surface area (Å²) in [4.78, 5) is 41.5. The number of thiazole rings is 1. The van der Waals surface area contributed by atoms with Gasteiger partial charge in [0.2, 0.25) is 0 Å². The predicted octanol–water partition coefficient (Wildman–Crippen LogP) is 6.73. The number of hydrogen-bond donors (Lipinski definition) is 2. The van der Waals surface area contributed by atoms with E-state index in [1.807, 2.05) is 37.3 Å². The zero-order valence-corrected chi connectivity index (χ0v) is 23.6. The van der Waals surface area contributed by atoms with Crippen molar-refractivity contribution in [1.82, 2.24) is 10.3 Å². The lowest BCUT2D eigenvalue weighted by Crippen LogP contribution is -2.23. The molecule has 0 bridgehead atoms. The Bertz CT molecular complexity index is 1890. The van der Waals surface area contributed by atoms with Crippen LogP contribution in [-0.2, 0) is 11.3 Å². The third-order valence-electron chi connectivity index (χ3n) is 6.07. The van der Waals surface area contributed by atoms with Crippen molar-refractivity contribution < 1.29 is 18.9 Å². The maximum atomic E-state index is 12.7. The maximum Gasteiger partial charge on any atom is 0.283 e. The molecule has 0 saturated carbocycles. The molecule has 0 unspecified atom stereocenters. The van der Waals surface area contributed by atoms with Crippen molar-refractivity contribution in [2.75, 3.05) is 5.32 Å². The molecule has 0 fully saturated rings. The van der Waals surface area contributed by atoms with E-state index in [9.17, 15) is 25.0 Å². The number of fused-ring (bicyclic) bond motifs is 1. The second-order valence-corrected chi connectivity index (χ2v) is 11.3. The Kier molecular flexibility index (Phi) is 8.42. The molecule has 10 nitrogen and oxygen atoms in total. The van der Waals surface area contributed by atoms with Crippen LogP contribution in [0.5, 0.6) is 0 Å². The molecule has 0 radical (unpaired) electrons. The number of nitro benzene ring substituents is 1. The standard InChI is InChI=1S/C30H21N5O5S2/c1-18-5-2-3-7-23(18)29(37)33-21-9-10-24-27(15-21)42-30(34-24)41-26-11-8-19(14-25(26)35(38)39)13-20(16-31)28(36)32-17-22-6-4-12-40-22/h2-15H,17H2,1H3,(H,32,36)(H,33,37)/b20-13+. The van der Waals surface area contributed by atoms with Crippen molar-refractivity contribution in [3.8, 4) is 6.07 Å². The number of aryl methyl sites for hydroxylation is 1. The summed E-state index contributed by atoms with van der Waals surface area (Å²) >= 11 is 2.48. The van der Waals surface area contributed by atoms with Crippen LogP contribution in [0, 0.1) is 28.4 Å². The molecule has 0 aliphatic heterocycles. The monoisotopic (exact) mass is 595 g/mol. The fourth-order valence-corrected chi connectivity index (χ4v) is 6.14. The summed E-state index contributed by atoms with van der Waals surface area (Å²) in [6.07, 6.45) is 2.77. The maximum absolute atomic E-state index is 12.7. The molecule has 2 amide bonds. The van der Waals surface area contributed by atoms with E-state index < -0.39 is 10.8 Å². The highest BCUT2D eigenvalue weighted by Gasteiger charge is 2.19. The highest BCUT2D eigenvalue weighted by atomic mass is 32.2. The first kappa shape index (κ1) is 28.3. The quantitative estimate of drug-likeness (QED) is 0.0823. The van der Waals surface area contributed by atoms with Gasteiger partial charge in [0.25, 0.3) is 17.5 Å². The number of carbonyl (C=O) groups excluding carboxylic acids is 2. The van der Waals surface area contributed by atoms with E-state index >= 15 is 0 Å². The van der Waals surface area contributed by atoms with Crippen LogP contribution in [0.2, 0.25) is 0 Å². The molecular formula is C30H21N5O5S2. The third kappa shape index (κ3) is 6.55. The van der Waals surface area contributed by atoms with Crippen molar-refractivity contribution in [2.45, 2.75) is 22.7 Å². The Morgan fingerprint density at radius 1 is 1.14 bits per heavy atom. The summed E-state index contributed by atoms with van der Waals surface area (Å²) in [5.41, 5.74) is 2.69. The van der Waals surface area contributed by atoms with E-state index in [-0.39, 0.29) is 23.7 Å². The van der Waals surface area contributed by atoms with Gasteiger partial charge in [-0.25, -0.2) is 4.98 Å². The Hall–Kier alpha value is -5.25. The van der Waals surface area contributed by atoms with Crippen molar-refractivity contribution in [3.63, 3.8) is 0 Å². The number of nitriles is 1. The fraction of sp³-hybridized carbons (Fsp3) is 0.0667. The molecule has 3 aromatic carbocycles. The van der Waals surface area contributed by atoms with Crippen molar-refractivity contribution in [1.29, 1.82) is 5.26 Å². The lowest BCUT2D eigenvalue weighted by Gasteiger charge is -2.07. The van der Waals surface area contributed by atoms with Crippen LogP contribution in [0.3, 0.4) is 0 Å². The molecule has 2 N–H and O–H groups in total. The van der Waals surface area contributed by atoms with Crippen LogP contribution < -0.4 is 10.6 Å². The summed E-state index contributed by atoms with van der Waals surface area (Å²) in [5.74, 6) is -0.319. The van der Waals surface area contributed by atoms with Gasteiger partial charge in [0.05, 0.1) is 32.8 Å². The van der Waals surface area contributed by atoms with Crippen LogP contribution in [-0.4, -0.2) is 21.7 Å². The average Bonchev–Trinajstić information content (AvgIpc) is 3.64. The Balaban J connectivity index is 1.33. The SMILES string of the molecule is Cc1ccccc1C(=O)Nc1ccc2nc(Sc3ccc(/C=C(\C#N)C(=O)NCc4ccco4)cc3[N+](=O)[O-])sc2c1. The number of aromatic nitrogens is 1. The zero-order valence-electron chi connectivity index (χ0n) is 22.0. The molecule has 0 saturated heterocycles. The lowest BCUT2D eigenvalue weighted by atomic mass is 10.1. The highest BCUT2D eigenvalue weighted by molar-refractivity contribution is 8.01. The first-order valence-electron chi connectivity index (χ1n) is 12.5. The number of nitrogens with zero attached hydrogens (tertiary/aromatic N) is 3. The second-order valence-electron chi connectivity index (χ2n) is 8.95. The molecule has 0 aliphatic carbocycles. The van der Waals surface area contributed by atoms with Crippen LogP contribution in [0.4, 0.5) is 11.4 Å². The fourth-order valence-electron chi connectivity index (χ4n) is 3.99. The predicted molar refractivity (Wildman–Crippen MR) is 160 cm³/mol. The van der Waals surface area contributed by atoms with E-state index in [0.717, 1.165) is 22.0 Å². The van der Waals surface area contributed by atoms with E-state index in [0.29, 0.717) is 37.3 Å². The molecule has 2 aromatic heterocycles. The number of amides is 2. The number of hydrogen-bond acceptors (Lipinski definition) is 9. The van der Waals surface area contributed by atoms with Gasteiger partial charge in [0.15, 0.2) is 4.34 Å². The van der Waals surface area contributed by atoms with E-state index in [4.69, 9.17) is 4.42 Å². The minimum Gasteiger partial charge on any atom is -0.467 e. The number of furan rings is 1. The number of rotatable bonds is 9. The van der Waals surface area contributed by atoms with E-state index in [2.05, 4.69) is 15.6 Å². The van der Waals surface area contributed by atoms with Crippen LogP contribution >= 0.6 is 23.1 Å². The molecule has 5 rings (SSSR count). The zero-order chi connectivity index (χ0) is 29.6. The van der Waals surface area contributed by atoms with Gasteiger partial charge in [-0.05, 0) is 66.6 Å². The molecule has 12 heteroatoms. The smallest absolute Gasteiger partial charge is 0.283 e. The van der Waals surface area contributed by atoms with Crippen molar-refractivity contribution in [3.05, 3.63) is 117 Å². The van der Waals surface area contributed by atoms with Gasteiger partial charge in [0, 0.05) is 17.3 Å². The highest BCUT2D eigenvalue weighted by Crippen LogP contribution is 2.39. The Morgan fingerprint density at radius 3 is 2.71 bits per heavy atom. The van der Waals surface area contributed by atoms with Crippen LogP contribution in [0.15, 0.2) is 98.3 Å². The minimum atomic E-state index is -0.626. The van der Waals surface area contributed by atoms with E-state index in [1.165, 1.54) is 29.7 Å². The largest absolute Gasteiger partial charge is 0.467 e. The number of carbonyl (C=O) groups is 2. The number of benzene rings is 3. The normalized spacial score (nSPS) is 11.2. The molecular weight excluding hydrogens is 574 g/mol. The summed E-state index contributed by atoms with van der Waals surface area (Å²) in [7, 11) is 0. The van der Waals surface area contributed by atoms with Crippen LogP contribution in [0.25, 0.3) is 16.3 Å². The summed E-state index contributed by atoms with van der Waals surface area (Å²) in [5, 5.41) is 26.9. The number of nitro groups is 1.